The lowest BCUT2D eigenvalue weighted by molar-refractivity contribution is 0.107. The van der Waals surface area contributed by atoms with Crippen LogP contribution in [0.1, 0.15) is 31.7 Å². The van der Waals surface area contributed by atoms with Gasteiger partial charge in [-0.1, -0.05) is 19.4 Å². The van der Waals surface area contributed by atoms with Gasteiger partial charge < -0.3 is 10.8 Å². The van der Waals surface area contributed by atoms with Crippen molar-refractivity contribution in [3.05, 3.63) is 29.6 Å². The molecule has 1 aliphatic heterocycles. The molecular formula is C15H23FN2O. The van der Waals surface area contributed by atoms with E-state index in [1.54, 1.807) is 6.07 Å². The van der Waals surface area contributed by atoms with E-state index in [1.165, 1.54) is 25.0 Å². The molecule has 0 aliphatic carbocycles. The predicted octanol–water partition coefficient (Wildman–Crippen LogP) is 2.48. The third kappa shape index (κ3) is 3.45. The number of hydrogen-bond acceptors (Lipinski definition) is 3. The Bertz CT molecular complexity index is 425. The number of phenolic OH excluding ortho intramolecular Hbond substituents is 1. The lowest BCUT2D eigenvalue weighted by atomic mass is 9.88. The van der Waals surface area contributed by atoms with Crippen molar-refractivity contribution in [2.75, 3.05) is 13.1 Å². The van der Waals surface area contributed by atoms with Crippen molar-refractivity contribution < 1.29 is 9.50 Å². The smallest absolute Gasteiger partial charge is 0.165 e. The zero-order chi connectivity index (χ0) is 13.8. The third-order valence-corrected chi connectivity index (χ3v) is 4.19. The molecule has 0 radical (unpaired) electrons. The molecule has 2 unspecified atom stereocenters. The van der Waals surface area contributed by atoms with Crippen LogP contribution in [0.25, 0.3) is 0 Å². The Hall–Kier alpha value is -1.13. The largest absolute Gasteiger partial charge is 0.505 e. The second-order valence-electron chi connectivity index (χ2n) is 5.44. The molecule has 2 atom stereocenters. The Labute approximate surface area is 114 Å². The molecule has 0 aromatic heterocycles. The van der Waals surface area contributed by atoms with E-state index in [0.717, 1.165) is 24.4 Å². The first-order valence-electron chi connectivity index (χ1n) is 7.05. The molecule has 0 amide bonds. The zero-order valence-electron chi connectivity index (χ0n) is 11.5. The number of phenols is 1. The van der Waals surface area contributed by atoms with Crippen LogP contribution in [0.4, 0.5) is 4.39 Å². The number of nitrogens with zero attached hydrogens (tertiary/aromatic N) is 1. The quantitative estimate of drug-likeness (QED) is 0.880. The van der Waals surface area contributed by atoms with Crippen LogP contribution in [0.5, 0.6) is 5.75 Å². The summed E-state index contributed by atoms with van der Waals surface area (Å²) >= 11 is 0. The van der Waals surface area contributed by atoms with E-state index in [-0.39, 0.29) is 5.75 Å². The van der Waals surface area contributed by atoms with Gasteiger partial charge in [-0.2, -0.15) is 0 Å². The lowest BCUT2D eigenvalue weighted by Crippen LogP contribution is -2.46. The molecule has 106 valence electrons. The predicted molar refractivity (Wildman–Crippen MR) is 74.3 cm³/mol. The maximum absolute atomic E-state index is 13.3. The molecular weight excluding hydrogens is 243 g/mol. The molecule has 19 heavy (non-hydrogen) atoms. The molecule has 3 nitrogen and oxygen atoms in total. The molecule has 2 rings (SSSR count). The monoisotopic (exact) mass is 266 g/mol. The maximum atomic E-state index is 13.3. The summed E-state index contributed by atoms with van der Waals surface area (Å²) in [5.41, 5.74) is 6.75. The van der Waals surface area contributed by atoms with Crippen molar-refractivity contribution in [3.63, 3.8) is 0 Å². The van der Waals surface area contributed by atoms with Crippen LogP contribution in [0.2, 0.25) is 0 Å². The summed E-state index contributed by atoms with van der Waals surface area (Å²) in [4.78, 5) is 2.33. The molecule has 0 spiro atoms. The first-order chi connectivity index (χ1) is 9.13. The number of nitrogens with two attached hydrogens (primary N) is 1. The lowest BCUT2D eigenvalue weighted by Gasteiger charge is -2.38. The van der Waals surface area contributed by atoms with E-state index in [0.29, 0.717) is 19.1 Å². The summed E-state index contributed by atoms with van der Waals surface area (Å²) in [6.07, 6.45) is 3.53. The number of benzene rings is 1. The van der Waals surface area contributed by atoms with Gasteiger partial charge in [0.05, 0.1) is 0 Å². The minimum Gasteiger partial charge on any atom is -0.505 e. The third-order valence-electron chi connectivity index (χ3n) is 4.19. The van der Waals surface area contributed by atoms with Crippen LogP contribution in [-0.2, 0) is 6.54 Å². The van der Waals surface area contributed by atoms with E-state index in [4.69, 9.17) is 5.73 Å². The first-order valence-corrected chi connectivity index (χ1v) is 7.05. The molecule has 1 aromatic rings. The molecule has 1 aliphatic rings. The summed E-state index contributed by atoms with van der Waals surface area (Å²) in [6.45, 7) is 4.60. The Balaban J connectivity index is 2.03. The van der Waals surface area contributed by atoms with E-state index >= 15 is 0 Å². The minimum atomic E-state index is -0.551. The highest BCUT2D eigenvalue weighted by Crippen LogP contribution is 2.27. The van der Waals surface area contributed by atoms with Crippen molar-refractivity contribution >= 4 is 0 Å². The van der Waals surface area contributed by atoms with E-state index in [2.05, 4.69) is 11.8 Å². The Kier molecular flexibility index (Phi) is 4.77. The molecule has 1 aromatic carbocycles. The van der Waals surface area contributed by atoms with E-state index in [9.17, 15) is 9.50 Å². The normalized spacial score (nSPS) is 24.6. The Morgan fingerprint density at radius 1 is 1.47 bits per heavy atom. The SMILES string of the molecule is CCC1CCN(Cc2ccc(O)c(F)c2)C(CN)C1. The van der Waals surface area contributed by atoms with Crippen molar-refractivity contribution in [3.8, 4) is 5.75 Å². The van der Waals surface area contributed by atoms with Gasteiger partial charge in [0.25, 0.3) is 0 Å². The van der Waals surface area contributed by atoms with Gasteiger partial charge in [0.2, 0.25) is 0 Å². The average molecular weight is 266 g/mol. The fraction of sp³-hybridized carbons (Fsp3) is 0.600. The van der Waals surface area contributed by atoms with Gasteiger partial charge in [-0.25, -0.2) is 4.39 Å². The highest BCUT2D eigenvalue weighted by Gasteiger charge is 2.26. The van der Waals surface area contributed by atoms with Gasteiger partial charge >= 0.3 is 0 Å². The van der Waals surface area contributed by atoms with Crippen LogP contribution in [0.3, 0.4) is 0 Å². The van der Waals surface area contributed by atoms with Crippen LogP contribution >= 0.6 is 0 Å². The molecule has 1 heterocycles. The highest BCUT2D eigenvalue weighted by molar-refractivity contribution is 5.28. The van der Waals surface area contributed by atoms with Crippen LogP contribution in [-0.4, -0.2) is 29.1 Å². The van der Waals surface area contributed by atoms with Crippen LogP contribution < -0.4 is 5.73 Å². The van der Waals surface area contributed by atoms with Crippen LogP contribution in [0, 0.1) is 11.7 Å². The summed E-state index contributed by atoms with van der Waals surface area (Å²) in [5, 5.41) is 9.21. The number of hydrogen-bond donors (Lipinski definition) is 2. The molecule has 1 saturated heterocycles. The fourth-order valence-corrected chi connectivity index (χ4v) is 2.89. The number of rotatable bonds is 4. The molecule has 3 N–H and O–H groups in total. The fourth-order valence-electron chi connectivity index (χ4n) is 2.89. The number of aromatic hydroxyl groups is 1. The van der Waals surface area contributed by atoms with E-state index in [1.807, 2.05) is 0 Å². The van der Waals surface area contributed by atoms with Crippen LogP contribution in [0.15, 0.2) is 18.2 Å². The van der Waals surface area contributed by atoms with Gasteiger partial charge in [0.15, 0.2) is 11.6 Å². The molecule has 1 fully saturated rings. The number of likely N-dealkylation sites (tertiary alicyclic amines) is 1. The second kappa shape index (κ2) is 6.35. The maximum Gasteiger partial charge on any atom is 0.165 e. The van der Waals surface area contributed by atoms with Crippen molar-refractivity contribution in [2.45, 2.75) is 38.8 Å². The molecule has 0 bridgehead atoms. The summed E-state index contributed by atoms with van der Waals surface area (Å²) in [7, 11) is 0. The summed E-state index contributed by atoms with van der Waals surface area (Å²) < 4.78 is 13.3. The average Bonchev–Trinajstić information content (AvgIpc) is 2.43. The first kappa shape index (κ1) is 14.3. The second-order valence-corrected chi connectivity index (χ2v) is 5.44. The van der Waals surface area contributed by atoms with Gasteiger partial charge in [0.1, 0.15) is 0 Å². The van der Waals surface area contributed by atoms with Gasteiger partial charge in [0, 0.05) is 19.1 Å². The molecule has 0 saturated carbocycles. The highest BCUT2D eigenvalue weighted by atomic mass is 19.1. The summed E-state index contributed by atoms with van der Waals surface area (Å²) in [6, 6.07) is 4.99. The number of piperidine rings is 1. The van der Waals surface area contributed by atoms with E-state index < -0.39 is 5.82 Å². The Morgan fingerprint density at radius 2 is 2.26 bits per heavy atom. The molecule has 4 heteroatoms. The number of halogens is 1. The van der Waals surface area contributed by atoms with Crippen molar-refractivity contribution in [2.24, 2.45) is 11.7 Å². The zero-order valence-corrected chi connectivity index (χ0v) is 11.5. The van der Waals surface area contributed by atoms with Crippen molar-refractivity contribution in [1.82, 2.24) is 4.90 Å². The van der Waals surface area contributed by atoms with Gasteiger partial charge in [-0.3, -0.25) is 4.90 Å². The Morgan fingerprint density at radius 3 is 2.89 bits per heavy atom. The topological polar surface area (TPSA) is 49.5 Å². The summed E-state index contributed by atoms with van der Waals surface area (Å²) in [5.74, 6) is -0.0737. The van der Waals surface area contributed by atoms with Crippen molar-refractivity contribution in [1.29, 1.82) is 0 Å². The standard InChI is InChI=1S/C15H23FN2O/c1-2-11-5-6-18(13(7-11)9-17)10-12-3-4-15(19)14(16)8-12/h3-4,8,11,13,19H,2,5-7,9-10,17H2,1H3. The van der Waals surface area contributed by atoms with Gasteiger partial charge in [-0.15, -0.1) is 0 Å². The minimum absolute atomic E-state index is 0.288. The van der Waals surface area contributed by atoms with Gasteiger partial charge in [-0.05, 0) is 43.0 Å².